The first-order chi connectivity index (χ1) is 14.8. The van der Waals surface area contributed by atoms with Gasteiger partial charge < -0.3 is 30.5 Å². The van der Waals surface area contributed by atoms with Gasteiger partial charge in [0.2, 0.25) is 0 Å². The highest BCUT2D eigenvalue weighted by Gasteiger charge is 2.38. The number of aliphatic hydroxyl groups excluding tert-OH is 3. The Kier molecular flexibility index (Phi) is 6.31. The quantitative estimate of drug-likeness (QED) is 0.375. The maximum Gasteiger partial charge on any atom is 0.268 e. The fourth-order valence-corrected chi connectivity index (χ4v) is 4.82. The number of aromatic amines is 1. The van der Waals surface area contributed by atoms with Gasteiger partial charge in [-0.1, -0.05) is 41.9 Å². The minimum Gasteiger partial charge on any atom is -0.388 e. The molecule has 8 nitrogen and oxygen atoms in total. The van der Waals surface area contributed by atoms with Crippen molar-refractivity contribution in [2.75, 3.05) is 13.1 Å². The summed E-state index contributed by atoms with van der Waals surface area (Å²) in [7, 11) is 0. The van der Waals surface area contributed by atoms with Crippen LogP contribution in [0.3, 0.4) is 0 Å². The number of hydrogen-bond donors (Lipinski definition) is 5. The normalized spacial score (nSPS) is 20.7. The van der Waals surface area contributed by atoms with Crippen molar-refractivity contribution in [2.45, 2.75) is 30.8 Å². The molecule has 0 spiro atoms. The van der Waals surface area contributed by atoms with Crippen molar-refractivity contribution in [2.24, 2.45) is 0 Å². The van der Waals surface area contributed by atoms with E-state index in [1.807, 2.05) is 30.3 Å². The number of fused-ring (bicyclic) bond motifs is 1. The van der Waals surface area contributed by atoms with Gasteiger partial charge in [-0.2, -0.15) is 0 Å². The summed E-state index contributed by atoms with van der Waals surface area (Å²) in [6.07, 6.45) is -3.44. The molecule has 2 amide bonds. The predicted molar refractivity (Wildman–Crippen MR) is 117 cm³/mol. The van der Waals surface area contributed by atoms with Crippen LogP contribution in [0.1, 0.15) is 16.1 Å². The van der Waals surface area contributed by atoms with Crippen LogP contribution >= 0.6 is 22.9 Å². The Hall–Kier alpha value is -2.43. The lowest BCUT2D eigenvalue weighted by atomic mass is 10.00. The molecule has 0 radical (unpaired) electrons. The van der Waals surface area contributed by atoms with Crippen molar-refractivity contribution in [3.05, 3.63) is 58.1 Å². The Labute approximate surface area is 187 Å². The Bertz CT molecular complexity index is 1040. The lowest BCUT2D eigenvalue weighted by Crippen LogP contribution is -2.52. The van der Waals surface area contributed by atoms with Gasteiger partial charge in [0.25, 0.3) is 11.8 Å². The average Bonchev–Trinajstić information content (AvgIpc) is 3.40. The molecule has 31 heavy (non-hydrogen) atoms. The lowest BCUT2D eigenvalue weighted by Gasteiger charge is -2.27. The molecule has 3 heterocycles. The number of nitrogens with zero attached hydrogens (tertiary/aromatic N) is 1. The van der Waals surface area contributed by atoms with Crippen molar-refractivity contribution < 1.29 is 24.9 Å². The number of aromatic nitrogens is 1. The third kappa shape index (κ3) is 4.76. The number of β-amino-alcohol motifs (C(OH)–C–C–N with tert-alkyl or cyclic N) is 2. The largest absolute Gasteiger partial charge is 0.388 e. The number of carbonyl (C=O) groups is 2. The molecule has 1 aliphatic heterocycles. The molecule has 164 valence electrons. The van der Waals surface area contributed by atoms with Crippen molar-refractivity contribution in [3.8, 4) is 0 Å². The average molecular weight is 464 g/mol. The summed E-state index contributed by atoms with van der Waals surface area (Å²) in [5.74, 6) is -1.12. The predicted octanol–water partition coefficient (Wildman–Crippen LogP) is 1.15. The van der Waals surface area contributed by atoms with Crippen LogP contribution < -0.4 is 5.32 Å². The van der Waals surface area contributed by atoms with Crippen LogP contribution in [0.5, 0.6) is 0 Å². The second kappa shape index (κ2) is 8.97. The number of aliphatic hydroxyl groups is 3. The topological polar surface area (TPSA) is 126 Å². The van der Waals surface area contributed by atoms with E-state index in [1.165, 1.54) is 16.2 Å². The van der Waals surface area contributed by atoms with Gasteiger partial charge in [-0.05, 0) is 24.1 Å². The number of amides is 2. The third-order valence-corrected chi connectivity index (χ3v) is 6.55. The lowest BCUT2D eigenvalue weighted by molar-refractivity contribution is -0.141. The number of rotatable bonds is 6. The van der Waals surface area contributed by atoms with Crippen LogP contribution in [-0.2, 0) is 11.2 Å². The maximum atomic E-state index is 12.9. The van der Waals surface area contributed by atoms with E-state index in [1.54, 1.807) is 12.1 Å². The molecule has 1 aromatic carbocycles. The molecule has 1 aliphatic rings. The molecule has 5 N–H and O–H groups in total. The summed E-state index contributed by atoms with van der Waals surface area (Å²) in [5.41, 5.74) is 1.86. The Morgan fingerprint density at radius 2 is 1.87 bits per heavy atom. The number of likely N-dealkylation sites (tertiary alicyclic amines) is 1. The van der Waals surface area contributed by atoms with Gasteiger partial charge in [0, 0.05) is 13.1 Å². The Morgan fingerprint density at radius 1 is 1.19 bits per heavy atom. The molecule has 4 rings (SSSR count). The van der Waals surface area contributed by atoms with Gasteiger partial charge in [-0.15, -0.1) is 11.3 Å². The number of carbonyl (C=O) groups excluding carboxylic acids is 2. The van der Waals surface area contributed by atoms with E-state index in [0.717, 1.165) is 15.8 Å². The van der Waals surface area contributed by atoms with E-state index in [2.05, 4.69) is 10.3 Å². The Morgan fingerprint density at radius 3 is 2.52 bits per heavy atom. The molecule has 1 saturated heterocycles. The number of benzene rings is 1. The maximum absolute atomic E-state index is 12.9. The van der Waals surface area contributed by atoms with Crippen LogP contribution in [0, 0.1) is 0 Å². The first kappa shape index (κ1) is 21.8. The molecule has 1 fully saturated rings. The highest BCUT2D eigenvalue weighted by atomic mass is 35.5. The molecular formula is C21H22ClN3O5S. The van der Waals surface area contributed by atoms with E-state index in [9.17, 15) is 24.9 Å². The van der Waals surface area contributed by atoms with E-state index >= 15 is 0 Å². The summed E-state index contributed by atoms with van der Waals surface area (Å²) in [6, 6.07) is 11.7. The zero-order chi connectivity index (χ0) is 22.1. The zero-order valence-electron chi connectivity index (χ0n) is 16.4. The fourth-order valence-electron chi connectivity index (χ4n) is 3.68. The molecule has 0 aliphatic carbocycles. The molecule has 0 unspecified atom stereocenters. The van der Waals surface area contributed by atoms with E-state index in [-0.39, 0.29) is 19.5 Å². The number of thiophene rings is 1. The number of halogens is 1. The number of hydrogen-bond acceptors (Lipinski definition) is 6. The van der Waals surface area contributed by atoms with Gasteiger partial charge in [-0.25, -0.2) is 0 Å². The standard InChI is InChI=1S/C21H22ClN3O5S/c22-18-8-12-17(31-18)7-14(23-12)20(29)24-13(6-11-4-2-1-3-5-11)19(28)21(30)25-9-15(26)16(27)10-25/h1-5,7-8,13,15-16,19,23,26-28H,6,9-10H2,(H,24,29)/t13-,15-,16+,19+/m0/s1. The summed E-state index contributed by atoms with van der Waals surface area (Å²) in [6.45, 7) is -0.145. The van der Waals surface area contributed by atoms with Crippen LogP contribution in [0.15, 0.2) is 42.5 Å². The highest BCUT2D eigenvalue weighted by Crippen LogP contribution is 2.29. The third-order valence-electron chi connectivity index (χ3n) is 5.34. The molecule has 2 aromatic heterocycles. The van der Waals surface area contributed by atoms with Crippen molar-refractivity contribution in [1.29, 1.82) is 0 Å². The summed E-state index contributed by atoms with van der Waals surface area (Å²) in [4.78, 5) is 29.9. The Balaban J connectivity index is 1.53. The van der Waals surface area contributed by atoms with Gasteiger partial charge in [0.15, 0.2) is 6.10 Å². The molecular weight excluding hydrogens is 442 g/mol. The van der Waals surface area contributed by atoms with E-state index in [0.29, 0.717) is 10.0 Å². The minimum atomic E-state index is -1.55. The monoisotopic (exact) mass is 463 g/mol. The smallest absolute Gasteiger partial charge is 0.268 e. The number of nitrogens with one attached hydrogen (secondary N) is 2. The van der Waals surface area contributed by atoms with Crippen LogP contribution in [0.2, 0.25) is 4.34 Å². The fraction of sp³-hybridized carbons (Fsp3) is 0.333. The molecule has 3 aromatic rings. The van der Waals surface area contributed by atoms with Crippen LogP contribution in [-0.4, -0.2) is 74.5 Å². The van der Waals surface area contributed by atoms with Crippen LogP contribution in [0.4, 0.5) is 0 Å². The van der Waals surface area contributed by atoms with Crippen LogP contribution in [0.25, 0.3) is 10.2 Å². The van der Waals surface area contributed by atoms with Gasteiger partial charge in [-0.3, -0.25) is 9.59 Å². The van der Waals surface area contributed by atoms with Crippen molar-refractivity contribution in [1.82, 2.24) is 15.2 Å². The zero-order valence-corrected chi connectivity index (χ0v) is 17.9. The van der Waals surface area contributed by atoms with Crippen molar-refractivity contribution >= 4 is 45.0 Å². The summed E-state index contributed by atoms with van der Waals surface area (Å²) >= 11 is 7.31. The van der Waals surface area contributed by atoms with Crippen molar-refractivity contribution in [3.63, 3.8) is 0 Å². The first-order valence-corrected chi connectivity index (χ1v) is 11.0. The second-order valence-corrected chi connectivity index (χ2v) is 9.32. The minimum absolute atomic E-state index is 0.0727. The molecule has 0 bridgehead atoms. The summed E-state index contributed by atoms with van der Waals surface area (Å²) < 4.78 is 1.43. The molecule has 0 saturated carbocycles. The number of H-pyrrole nitrogens is 1. The van der Waals surface area contributed by atoms with Gasteiger partial charge in [0.1, 0.15) is 5.69 Å². The highest BCUT2D eigenvalue weighted by molar-refractivity contribution is 7.22. The SMILES string of the molecule is O=C(N[C@@H](Cc1ccccc1)[C@@H](O)C(=O)N1C[C@@H](O)[C@@H](O)C1)c1cc2sc(Cl)cc2[nH]1. The molecule has 4 atom stereocenters. The first-order valence-electron chi connectivity index (χ1n) is 9.77. The van der Waals surface area contributed by atoms with E-state index in [4.69, 9.17) is 11.6 Å². The second-order valence-electron chi connectivity index (χ2n) is 7.60. The van der Waals surface area contributed by atoms with Gasteiger partial charge >= 0.3 is 0 Å². The summed E-state index contributed by atoms with van der Waals surface area (Å²) in [5, 5.41) is 33.0. The molecule has 10 heteroatoms. The van der Waals surface area contributed by atoms with Gasteiger partial charge in [0.05, 0.1) is 32.8 Å². The van der Waals surface area contributed by atoms with E-state index < -0.39 is 36.2 Å².